The minimum atomic E-state index is 0.409. The molecule has 1 aromatic carbocycles. The van der Waals surface area contributed by atoms with Crippen molar-refractivity contribution in [2.45, 2.75) is 38.3 Å². The summed E-state index contributed by atoms with van der Waals surface area (Å²) in [6.45, 7) is 7.78. The molecule has 1 unspecified atom stereocenters. The van der Waals surface area contributed by atoms with Gasteiger partial charge in [0.1, 0.15) is 0 Å². The number of rotatable bonds is 9. The summed E-state index contributed by atoms with van der Waals surface area (Å²) in [7, 11) is 3.96. The van der Waals surface area contributed by atoms with Crippen LogP contribution in [0.15, 0.2) is 35.3 Å². The third-order valence-electron chi connectivity index (χ3n) is 5.87. The smallest absolute Gasteiger partial charge is 0.193 e. The first-order valence-corrected chi connectivity index (χ1v) is 11.1. The standard InChI is InChI=1S/C23H38N4O2/c1-24-23(26(2)17-21-11-16-28-19-21)25-12-6-15-29-22-9-13-27(14-10-22)18-20-7-4-3-5-8-20/h3-5,7-8,21-22H,6,9-19H2,1-2H3,(H,24,25). The molecule has 0 amide bonds. The molecule has 29 heavy (non-hydrogen) atoms. The zero-order valence-electron chi connectivity index (χ0n) is 18.2. The Morgan fingerprint density at radius 2 is 2.03 bits per heavy atom. The summed E-state index contributed by atoms with van der Waals surface area (Å²) >= 11 is 0. The molecule has 162 valence electrons. The van der Waals surface area contributed by atoms with Crippen molar-refractivity contribution in [2.75, 3.05) is 60.1 Å². The van der Waals surface area contributed by atoms with Gasteiger partial charge in [0.25, 0.3) is 0 Å². The Hall–Kier alpha value is -1.63. The maximum atomic E-state index is 6.13. The summed E-state index contributed by atoms with van der Waals surface area (Å²) in [6.07, 6.45) is 4.83. The number of likely N-dealkylation sites (tertiary alicyclic amines) is 1. The number of aliphatic imine (C=N–C) groups is 1. The van der Waals surface area contributed by atoms with E-state index >= 15 is 0 Å². The maximum absolute atomic E-state index is 6.13. The predicted molar refractivity (Wildman–Crippen MR) is 118 cm³/mol. The van der Waals surface area contributed by atoms with Gasteiger partial charge in [-0.25, -0.2) is 0 Å². The first-order chi connectivity index (χ1) is 14.2. The van der Waals surface area contributed by atoms with Gasteiger partial charge in [0, 0.05) is 66.0 Å². The summed E-state index contributed by atoms with van der Waals surface area (Å²) in [5.74, 6) is 1.58. The van der Waals surface area contributed by atoms with E-state index in [1.54, 1.807) is 0 Å². The molecule has 2 fully saturated rings. The highest BCUT2D eigenvalue weighted by molar-refractivity contribution is 5.79. The number of ether oxygens (including phenoxy) is 2. The Morgan fingerprint density at radius 3 is 2.72 bits per heavy atom. The summed E-state index contributed by atoms with van der Waals surface area (Å²) in [5.41, 5.74) is 1.40. The highest BCUT2D eigenvalue weighted by atomic mass is 16.5. The summed E-state index contributed by atoms with van der Waals surface area (Å²) < 4.78 is 11.6. The zero-order valence-corrected chi connectivity index (χ0v) is 18.2. The molecule has 1 N–H and O–H groups in total. The van der Waals surface area contributed by atoms with Crippen molar-refractivity contribution in [1.29, 1.82) is 0 Å². The van der Waals surface area contributed by atoms with Gasteiger partial charge in [-0.2, -0.15) is 0 Å². The van der Waals surface area contributed by atoms with Gasteiger partial charge in [-0.05, 0) is 31.2 Å². The van der Waals surface area contributed by atoms with Gasteiger partial charge in [0.15, 0.2) is 5.96 Å². The van der Waals surface area contributed by atoms with Crippen LogP contribution in [0.1, 0.15) is 31.2 Å². The first kappa shape index (κ1) is 22.1. The summed E-state index contributed by atoms with van der Waals surface area (Å²) in [4.78, 5) is 9.15. The highest BCUT2D eigenvalue weighted by Crippen LogP contribution is 2.16. The lowest BCUT2D eigenvalue weighted by Gasteiger charge is -2.32. The average Bonchev–Trinajstić information content (AvgIpc) is 3.25. The Morgan fingerprint density at radius 1 is 1.24 bits per heavy atom. The fourth-order valence-corrected chi connectivity index (χ4v) is 4.18. The Kier molecular flexibility index (Phi) is 9.25. The molecule has 2 aliphatic heterocycles. The molecular weight excluding hydrogens is 364 g/mol. The third-order valence-corrected chi connectivity index (χ3v) is 5.87. The fraction of sp³-hybridized carbons (Fsp3) is 0.696. The van der Waals surface area contributed by atoms with E-state index in [1.807, 2.05) is 7.05 Å². The van der Waals surface area contributed by atoms with Gasteiger partial charge < -0.3 is 19.7 Å². The van der Waals surface area contributed by atoms with Crippen molar-refractivity contribution in [3.63, 3.8) is 0 Å². The Bertz CT molecular complexity index is 596. The second-order valence-electron chi connectivity index (χ2n) is 8.27. The van der Waals surface area contributed by atoms with E-state index in [2.05, 4.69) is 57.5 Å². The Balaban J connectivity index is 1.24. The second kappa shape index (κ2) is 12.2. The van der Waals surface area contributed by atoms with Crippen LogP contribution in [-0.2, 0) is 16.0 Å². The van der Waals surface area contributed by atoms with Crippen LogP contribution in [0.5, 0.6) is 0 Å². The van der Waals surface area contributed by atoms with Crippen molar-refractivity contribution < 1.29 is 9.47 Å². The van der Waals surface area contributed by atoms with Gasteiger partial charge in [0.05, 0.1) is 12.7 Å². The van der Waals surface area contributed by atoms with Crippen molar-refractivity contribution in [1.82, 2.24) is 15.1 Å². The van der Waals surface area contributed by atoms with Crippen LogP contribution in [0, 0.1) is 5.92 Å². The molecule has 6 nitrogen and oxygen atoms in total. The number of guanidine groups is 1. The van der Waals surface area contributed by atoms with Crippen molar-refractivity contribution in [3.8, 4) is 0 Å². The number of nitrogens with one attached hydrogen (secondary N) is 1. The van der Waals surface area contributed by atoms with Crippen LogP contribution in [-0.4, -0.2) is 82.0 Å². The molecule has 3 rings (SSSR count). The van der Waals surface area contributed by atoms with Crippen LogP contribution in [0.2, 0.25) is 0 Å². The maximum Gasteiger partial charge on any atom is 0.193 e. The Labute approximate surface area is 176 Å². The third kappa shape index (κ3) is 7.61. The van der Waals surface area contributed by atoms with Crippen molar-refractivity contribution in [2.24, 2.45) is 10.9 Å². The van der Waals surface area contributed by atoms with E-state index in [9.17, 15) is 0 Å². The van der Waals surface area contributed by atoms with Crippen molar-refractivity contribution >= 4 is 5.96 Å². The van der Waals surface area contributed by atoms with Crippen LogP contribution in [0.4, 0.5) is 0 Å². The number of benzene rings is 1. The lowest BCUT2D eigenvalue weighted by Crippen LogP contribution is -2.42. The monoisotopic (exact) mass is 402 g/mol. The minimum absolute atomic E-state index is 0.409. The molecule has 0 aliphatic carbocycles. The van der Waals surface area contributed by atoms with Crippen LogP contribution in [0.25, 0.3) is 0 Å². The van der Waals surface area contributed by atoms with Gasteiger partial charge in [0.2, 0.25) is 0 Å². The van der Waals surface area contributed by atoms with E-state index < -0.39 is 0 Å². The van der Waals surface area contributed by atoms with Crippen LogP contribution >= 0.6 is 0 Å². The summed E-state index contributed by atoms with van der Waals surface area (Å²) in [5, 5.41) is 3.46. The number of piperidine rings is 1. The molecule has 2 heterocycles. The molecule has 0 spiro atoms. The van der Waals surface area contributed by atoms with Crippen LogP contribution in [0.3, 0.4) is 0 Å². The van der Waals surface area contributed by atoms with Crippen LogP contribution < -0.4 is 5.32 Å². The van der Waals surface area contributed by atoms with E-state index in [-0.39, 0.29) is 0 Å². The molecule has 2 saturated heterocycles. The molecule has 0 aromatic heterocycles. The average molecular weight is 403 g/mol. The quantitative estimate of drug-likeness (QED) is 0.391. The van der Waals surface area contributed by atoms with Gasteiger partial charge >= 0.3 is 0 Å². The molecule has 0 bridgehead atoms. The largest absolute Gasteiger partial charge is 0.381 e. The highest BCUT2D eigenvalue weighted by Gasteiger charge is 2.20. The van der Waals surface area contributed by atoms with E-state index in [0.29, 0.717) is 12.0 Å². The second-order valence-corrected chi connectivity index (χ2v) is 8.27. The predicted octanol–water partition coefficient (Wildman–Crippen LogP) is 2.60. The fourth-order valence-electron chi connectivity index (χ4n) is 4.18. The molecule has 1 atom stereocenters. The lowest BCUT2D eigenvalue weighted by atomic mass is 10.1. The number of hydrogen-bond donors (Lipinski definition) is 1. The SMILES string of the molecule is CN=C(NCCCOC1CCN(Cc2ccccc2)CC1)N(C)CC1CCOC1. The number of hydrogen-bond acceptors (Lipinski definition) is 4. The first-order valence-electron chi connectivity index (χ1n) is 11.1. The minimum Gasteiger partial charge on any atom is -0.381 e. The molecule has 0 radical (unpaired) electrons. The van der Waals surface area contributed by atoms with E-state index in [0.717, 1.165) is 84.2 Å². The molecular formula is C23H38N4O2. The van der Waals surface area contributed by atoms with Gasteiger partial charge in [-0.1, -0.05) is 30.3 Å². The van der Waals surface area contributed by atoms with Gasteiger partial charge in [-0.3, -0.25) is 9.89 Å². The summed E-state index contributed by atoms with van der Waals surface area (Å²) in [6, 6.07) is 10.7. The van der Waals surface area contributed by atoms with E-state index in [1.165, 1.54) is 5.56 Å². The van der Waals surface area contributed by atoms with E-state index in [4.69, 9.17) is 9.47 Å². The lowest BCUT2D eigenvalue weighted by molar-refractivity contribution is 0.00531. The number of nitrogens with zero attached hydrogens (tertiary/aromatic N) is 3. The molecule has 6 heteroatoms. The molecule has 1 aromatic rings. The topological polar surface area (TPSA) is 49.3 Å². The van der Waals surface area contributed by atoms with Gasteiger partial charge in [-0.15, -0.1) is 0 Å². The molecule has 0 saturated carbocycles. The zero-order chi connectivity index (χ0) is 20.3. The normalized spacial score (nSPS) is 21.4. The molecule has 2 aliphatic rings. The van der Waals surface area contributed by atoms with Crippen molar-refractivity contribution in [3.05, 3.63) is 35.9 Å².